The summed E-state index contributed by atoms with van der Waals surface area (Å²) in [7, 11) is 4.09. The van der Waals surface area contributed by atoms with E-state index in [-0.39, 0.29) is 6.10 Å². The minimum atomic E-state index is 0.181. The Labute approximate surface area is 109 Å². The second kappa shape index (κ2) is 6.16. The van der Waals surface area contributed by atoms with Crippen molar-refractivity contribution in [2.75, 3.05) is 27.3 Å². The van der Waals surface area contributed by atoms with Crippen molar-refractivity contribution in [2.45, 2.75) is 32.4 Å². The van der Waals surface area contributed by atoms with Gasteiger partial charge in [-0.15, -0.1) is 0 Å². The maximum atomic E-state index is 5.99. The van der Waals surface area contributed by atoms with Gasteiger partial charge in [-0.05, 0) is 32.6 Å². The summed E-state index contributed by atoms with van der Waals surface area (Å²) in [6.45, 7) is 4.41. The van der Waals surface area contributed by atoms with E-state index in [1.165, 1.54) is 0 Å². The molecule has 1 saturated heterocycles. The van der Waals surface area contributed by atoms with Gasteiger partial charge < -0.3 is 14.4 Å². The monoisotopic (exact) mass is 250 g/mol. The molecule has 0 bridgehead atoms. The van der Waals surface area contributed by atoms with E-state index >= 15 is 0 Å². The molecule has 0 N–H and O–H groups in total. The number of ether oxygens (including phenoxy) is 2. The number of pyridine rings is 1. The summed E-state index contributed by atoms with van der Waals surface area (Å²) in [6, 6.07) is 4.09. The van der Waals surface area contributed by atoms with Gasteiger partial charge in [0.15, 0.2) is 0 Å². The van der Waals surface area contributed by atoms with Gasteiger partial charge in [-0.1, -0.05) is 6.92 Å². The molecule has 4 nitrogen and oxygen atoms in total. The van der Waals surface area contributed by atoms with Crippen LogP contribution in [0.25, 0.3) is 0 Å². The lowest BCUT2D eigenvalue weighted by atomic mass is 10.2. The minimum Gasteiger partial charge on any atom is -0.486 e. The van der Waals surface area contributed by atoms with Gasteiger partial charge in [-0.25, -0.2) is 0 Å². The number of aromatic nitrogens is 1. The second-order valence-corrected chi connectivity index (χ2v) is 4.94. The molecule has 0 radical (unpaired) electrons. The molecule has 1 fully saturated rings. The largest absolute Gasteiger partial charge is 0.486 e. The smallest absolute Gasteiger partial charge is 0.142 e. The molecule has 1 atom stereocenters. The topological polar surface area (TPSA) is 34.6 Å². The van der Waals surface area contributed by atoms with Gasteiger partial charge in [0.25, 0.3) is 0 Å². The van der Waals surface area contributed by atoms with Gasteiger partial charge in [0, 0.05) is 18.7 Å². The highest BCUT2D eigenvalue weighted by Crippen LogP contribution is 2.22. The molecule has 1 aromatic heterocycles. The number of rotatable bonds is 5. The normalized spacial score (nSPS) is 19.4. The van der Waals surface area contributed by atoms with Crippen molar-refractivity contribution in [3.8, 4) is 5.75 Å². The molecule has 2 rings (SSSR count). The molecule has 1 aliphatic rings. The van der Waals surface area contributed by atoms with Crippen molar-refractivity contribution in [3.63, 3.8) is 0 Å². The summed E-state index contributed by atoms with van der Waals surface area (Å²) >= 11 is 0. The van der Waals surface area contributed by atoms with E-state index in [1.54, 1.807) is 0 Å². The predicted molar refractivity (Wildman–Crippen MR) is 70.9 cm³/mol. The Balaban J connectivity index is 2.15. The van der Waals surface area contributed by atoms with Crippen LogP contribution in [0.4, 0.5) is 0 Å². The summed E-state index contributed by atoms with van der Waals surface area (Å²) in [5, 5.41) is 0. The van der Waals surface area contributed by atoms with E-state index in [2.05, 4.69) is 16.8 Å². The molecule has 0 saturated carbocycles. The Bertz CT molecular complexity index is 387. The van der Waals surface area contributed by atoms with E-state index in [0.29, 0.717) is 6.61 Å². The zero-order chi connectivity index (χ0) is 13.0. The van der Waals surface area contributed by atoms with Crippen molar-refractivity contribution in [1.29, 1.82) is 0 Å². The van der Waals surface area contributed by atoms with Crippen LogP contribution in [0.1, 0.15) is 24.7 Å². The van der Waals surface area contributed by atoms with Crippen molar-refractivity contribution >= 4 is 0 Å². The summed E-state index contributed by atoms with van der Waals surface area (Å²) < 4.78 is 11.3. The fourth-order valence-corrected chi connectivity index (χ4v) is 2.04. The fraction of sp³-hybridized carbons (Fsp3) is 0.643. The van der Waals surface area contributed by atoms with Crippen LogP contribution in [0.3, 0.4) is 0 Å². The Hall–Kier alpha value is -1.13. The van der Waals surface area contributed by atoms with Gasteiger partial charge in [0.2, 0.25) is 0 Å². The van der Waals surface area contributed by atoms with Crippen molar-refractivity contribution in [3.05, 3.63) is 23.5 Å². The Morgan fingerprint density at radius 3 is 2.89 bits per heavy atom. The third-order valence-corrected chi connectivity index (χ3v) is 3.00. The quantitative estimate of drug-likeness (QED) is 0.799. The first-order chi connectivity index (χ1) is 8.69. The van der Waals surface area contributed by atoms with Crippen LogP contribution < -0.4 is 4.74 Å². The van der Waals surface area contributed by atoms with Crippen molar-refractivity contribution in [1.82, 2.24) is 9.88 Å². The van der Waals surface area contributed by atoms with Gasteiger partial charge in [0.05, 0.1) is 18.9 Å². The minimum absolute atomic E-state index is 0.181. The summed E-state index contributed by atoms with van der Waals surface area (Å²) in [6.07, 6.45) is 2.10. The van der Waals surface area contributed by atoms with Crippen LogP contribution in [-0.4, -0.2) is 43.3 Å². The molecular formula is C14H22N2O2. The number of nitrogens with zero attached hydrogens (tertiary/aromatic N) is 2. The van der Waals surface area contributed by atoms with Gasteiger partial charge >= 0.3 is 0 Å². The number of hydrogen-bond donors (Lipinski definition) is 0. The molecular weight excluding hydrogens is 228 g/mol. The molecule has 18 heavy (non-hydrogen) atoms. The molecule has 4 heteroatoms. The van der Waals surface area contributed by atoms with E-state index in [4.69, 9.17) is 9.47 Å². The van der Waals surface area contributed by atoms with Gasteiger partial charge in [0.1, 0.15) is 11.9 Å². The molecule has 0 amide bonds. The third kappa shape index (κ3) is 3.43. The SMILES string of the molecule is CCc1ccc(O[C@H]2CCOC2)c(CN(C)C)n1. The molecule has 1 aromatic rings. The number of hydrogen-bond acceptors (Lipinski definition) is 4. The second-order valence-electron chi connectivity index (χ2n) is 4.94. The van der Waals surface area contributed by atoms with Crippen LogP contribution in [-0.2, 0) is 17.7 Å². The molecule has 0 unspecified atom stereocenters. The van der Waals surface area contributed by atoms with Crippen LogP contribution in [0.2, 0.25) is 0 Å². The highest BCUT2D eigenvalue weighted by Gasteiger charge is 2.19. The molecule has 100 valence electrons. The predicted octanol–water partition coefficient (Wildman–Crippen LogP) is 1.87. The average molecular weight is 250 g/mol. The Morgan fingerprint density at radius 2 is 2.28 bits per heavy atom. The van der Waals surface area contributed by atoms with Gasteiger partial charge in [-0.2, -0.15) is 0 Å². The molecule has 1 aliphatic heterocycles. The van der Waals surface area contributed by atoms with Crippen LogP contribution in [0.5, 0.6) is 5.75 Å². The Kier molecular flexibility index (Phi) is 4.55. The first-order valence-corrected chi connectivity index (χ1v) is 6.57. The highest BCUT2D eigenvalue weighted by molar-refractivity contribution is 5.30. The summed E-state index contributed by atoms with van der Waals surface area (Å²) in [5.74, 6) is 0.899. The van der Waals surface area contributed by atoms with E-state index < -0.39 is 0 Å². The zero-order valence-corrected chi connectivity index (χ0v) is 11.5. The van der Waals surface area contributed by atoms with Crippen LogP contribution in [0, 0.1) is 0 Å². The highest BCUT2D eigenvalue weighted by atomic mass is 16.5. The van der Waals surface area contributed by atoms with Crippen molar-refractivity contribution < 1.29 is 9.47 Å². The number of aryl methyl sites for hydroxylation is 1. The molecule has 2 heterocycles. The third-order valence-electron chi connectivity index (χ3n) is 3.00. The lowest BCUT2D eigenvalue weighted by Crippen LogP contribution is -2.19. The van der Waals surface area contributed by atoms with E-state index in [9.17, 15) is 0 Å². The maximum Gasteiger partial charge on any atom is 0.142 e. The van der Waals surface area contributed by atoms with E-state index in [0.717, 1.165) is 43.1 Å². The van der Waals surface area contributed by atoms with E-state index in [1.807, 2.05) is 26.2 Å². The zero-order valence-electron chi connectivity index (χ0n) is 11.5. The maximum absolute atomic E-state index is 5.99. The standard InChI is InChI=1S/C14H22N2O2/c1-4-11-5-6-14(13(15-11)9-16(2)3)18-12-7-8-17-10-12/h5-6,12H,4,7-10H2,1-3H3/t12-/m0/s1. The Morgan fingerprint density at radius 1 is 1.44 bits per heavy atom. The molecule has 0 aromatic carbocycles. The molecule has 0 spiro atoms. The first kappa shape index (κ1) is 13.3. The van der Waals surface area contributed by atoms with Crippen LogP contribution >= 0.6 is 0 Å². The van der Waals surface area contributed by atoms with Gasteiger partial charge in [-0.3, -0.25) is 4.98 Å². The fourth-order valence-electron chi connectivity index (χ4n) is 2.04. The average Bonchev–Trinajstić information content (AvgIpc) is 2.83. The lowest BCUT2D eigenvalue weighted by Gasteiger charge is -2.18. The summed E-state index contributed by atoms with van der Waals surface area (Å²) in [4.78, 5) is 6.78. The first-order valence-electron chi connectivity index (χ1n) is 6.57. The molecule has 0 aliphatic carbocycles. The lowest BCUT2D eigenvalue weighted by molar-refractivity contribution is 0.139. The summed E-state index contributed by atoms with van der Waals surface area (Å²) in [5.41, 5.74) is 2.13. The van der Waals surface area contributed by atoms with Crippen molar-refractivity contribution in [2.24, 2.45) is 0 Å². The van der Waals surface area contributed by atoms with Crippen LogP contribution in [0.15, 0.2) is 12.1 Å².